The van der Waals surface area contributed by atoms with Crippen molar-refractivity contribution in [2.75, 3.05) is 19.7 Å². The van der Waals surface area contributed by atoms with Gasteiger partial charge in [0.2, 0.25) is 5.91 Å². The van der Waals surface area contributed by atoms with E-state index in [0.29, 0.717) is 31.5 Å². The molecule has 0 spiro atoms. The summed E-state index contributed by atoms with van der Waals surface area (Å²) in [6.45, 7) is 4.64. The van der Waals surface area contributed by atoms with E-state index >= 15 is 0 Å². The summed E-state index contributed by atoms with van der Waals surface area (Å²) in [4.78, 5) is 37.3. The van der Waals surface area contributed by atoms with Crippen LogP contribution in [0.15, 0.2) is 36.4 Å². The third-order valence-corrected chi connectivity index (χ3v) is 5.21. The second kappa shape index (κ2) is 8.29. The molecule has 2 amide bonds. The van der Waals surface area contributed by atoms with Gasteiger partial charge in [0.05, 0.1) is 5.56 Å². The van der Waals surface area contributed by atoms with Crippen molar-refractivity contribution >= 4 is 17.8 Å². The van der Waals surface area contributed by atoms with Gasteiger partial charge in [-0.15, -0.1) is 0 Å². The lowest BCUT2D eigenvalue weighted by Crippen LogP contribution is -2.43. The van der Waals surface area contributed by atoms with Crippen LogP contribution in [0.2, 0.25) is 0 Å². The zero-order chi connectivity index (χ0) is 20.3. The summed E-state index contributed by atoms with van der Waals surface area (Å²) in [5, 5.41) is 0. The van der Waals surface area contributed by atoms with Gasteiger partial charge in [-0.05, 0) is 63.1 Å². The molecule has 1 saturated heterocycles. The average Bonchev–Trinajstić information content (AvgIpc) is 3.04. The Bertz CT molecular complexity index is 858. The highest BCUT2D eigenvalue weighted by molar-refractivity contribution is 5.91. The number of rotatable bonds is 5. The van der Waals surface area contributed by atoms with Gasteiger partial charge < -0.3 is 19.9 Å². The Hall–Kier alpha value is -3.09. The largest absolute Gasteiger partial charge is 0.452 e. The standard InChI is InChI=1S/C21H25N3O4/c1-14-3-4-15(2)24(14)18-7-5-17(6-8-18)21(27)28-13-19(25)23-11-9-16(10-12-23)20(22)26/h3-8,16H,9-13H2,1-2H3,(H2,22,26). The molecule has 7 heteroatoms. The van der Waals surface area contributed by atoms with Crippen LogP contribution in [0.4, 0.5) is 0 Å². The Morgan fingerprint density at radius 1 is 1.00 bits per heavy atom. The quantitative estimate of drug-likeness (QED) is 0.799. The summed E-state index contributed by atoms with van der Waals surface area (Å²) in [7, 11) is 0. The maximum atomic E-state index is 12.2. The van der Waals surface area contributed by atoms with Crippen molar-refractivity contribution in [1.82, 2.24) is 9.47 Å². The molecule has 0 bridgehead atoms. The number of ether oxygens (including phenoxy) is 1. The molecule has 1 aromatic carbocycles. The van der Waals surface area contributed by atoms with Crippen LogP contribution in [0.5, 0.6) is 0 Å². The molecular formula is C21H25N3O4. The van der Waals surface area contributed by atoms with Gasteiger partial charge in [0.25, 0.3) is 5.91 Å². The van der Waals surface area contributed by atoms with Crippen molar-refractivity contribution in [2.45, 2.75) is 26.7 Å². The van der Waals surface area contributed by atoms with Gasteiger partial charge in [-0.25, -0.2) is 4.79 Å². The van der Waals surface area contributed by atoms with E-state index in [9.17, 15) is 14.4 Å². The molecule has 28 heavy (non-hydrogen) atoms. The molecule has 1 aromatic heterocycles. The van der Waals surface area contributed by atoms with E-state index in [1.807, 2.05) is 38.1 Å². The number of hydrogen-bond acceptors (Lipinski definition) is 4. The van der Waals surface area contributed by atoms with Crippen LogP contribution in [-0.2, 0) is 14.3 Å². The SMILES string of the molecule is Cc1ccc(C)n1-c1ccc(C(=O)OCC(=O)N2CCC(C(N)=O)CC2)cc1. The Balaban J connectivity index is 1.54. The van der Waals surface area contributed by atoms with Crippen molar-refractivity contribution in [3.05, 3.63) is 53.3 Å². The number of nitrogens with zero attached hydrogens (tertiary/aromatic N) is 2. The Morgan fingerprint density at radius 2 is 1.57 bits per heavy atom. The fourth-order valence-electron chi connectivity index (χ4n) is 3.54. The maximum absolute atomic E-state index is 12.2. The molecule has 2 heterocycles. The first-order valence-electron chi connectivity index (χ1n) is 9.36. The molecule has 3 rings (SSSR count). The van der Waals surface area contributed by atoms with Gasteiger partial charge in [-0.2, -0.15) is 0 Å². The summed E-state index contributed by atoms with van der Waals surface area (Å²) in [6, 6.07) is 11.2. The van der Waals surface area contributed by atoms with E-state index in [0.717, 1.165) is 17.1 Å². The summed E-state index contributed by atoms with van der Waals surface area (Å²) in [5.41, 5.74) is 8.87. The lowest BCUT2D eigenvalue weighted by molar-refractivity contribution is -0.137. The minimum absolute atomic E-state index is 0.183. The summed E-state index contributed by atoms with van der Waals surface area (Å²) >= 11 is 0. The number of amides is 2. The first kappa shape index (κ1) is 19.7. The predicted molar refractivity (Wildman–Crippen MR) is 104 cm³/mol. The van der Waals surface area contributed by atoms with Gasteiger partial charge >= 0.3 is 5.97 Å². The number of carbonyl (C=O) groups excluding carboxylic acids is 3. The molecule has 1 aliphatic heterocycles. The van der Waals surface area contributed by atoms with Gasteiger partial charge in [0.15, 0.2) is 6.61 Å². The van der Waals surface area contributed by atoms with Crippen LogP contribution in [0.1, 0.15) is 34.6 Å². The minimum atomic E-state index is -0.534. The molecule has 2 aromatic rings. The number of esters is 1. The van der Waals surface area contributed by atoms with Crippen LogP contribution in [-0.4, -0.2) is 46.9 Å². The monoisotopic (exact) mass is 383 g/mol. The van der Waals surface area contributed by atoms with E-state index in [1.54, 1.807) is 17.0 Å². The van der Waals surface area contributed by atoms with Crippen molar-refractivity contribution in [1.29, 1.82) is 0 Å². The lowest BCUT2D eigenvalue weighted by Gasteiger charge is -2.30. The molecule has 2 N–H and O–H groups in total. The Kier molecular flexibility index (Phi) is 5.82. The van der Waals surface area contributed by atoms with Gasteiger partial charge in [0.1, 0.15) is 0 Å². The first-order valence-corrected chi connectivity index (χ1v) is 9.36. The zero-order valence-electron chi connectivity index (χ0n) is 16.2. The zero-order valence-corrected chi connectivity index (χ0v) is 16.2. The smallest absolute Gasteiger partial charge is 0.338 e. The molecule has 1 fully saturated rings. The number of nitrogens with two attached hydrogens (primary N) is 1. The molecule has 0 unspecified atom stereocenters. The molecule has 148 valence electrons. The van der Waals surface area contributed by atoms with Crippen molar-refractivity contribution in [2.24, 2.45) is 11.7 Å². The number of aryl methyl sites for hydroxylation is 2. The molecule has 1 aliphatic rings. The number of carbonyl (C=O) groups is 3. The van der Waals surface area contributed by atoms with Crippen molar-refractivity contribution in [3.63, 3.8) is 0 Å². The number of piperidine rings is 1. The molecular weight excluding hydrogens is 358 g/mol. The second-order valence-corrected chi connectivity index (χ2v) is 7.13. The van der Waals surface area contributed by atoms with Gasteiger partial charge in [-0.3, -0.25) is 9.59 Å². The van der Waals surface area contributed by atoms with Gasteiger partial charge in [-0.1, -0.05) is 0 Å². The fraction of sp³-hybridized carbons (Fsp3) is 0.381. The highest BCUT2D eigenvalue weighted by Crippen LogP contribution is 2.18. The molecule has 0 aliphatic carbocycles. The normalized spacial score (nSPS) is 14.7. The summed E-state index contributed by atoms with van der Waals surface area (Å²) < 4.78 is 7.26. The number of aromatic nitrogens is 1. The minimum Gasteiger partial charge on any atom is -0.452 e. The van der Waals surface area contributed by atoms with Crippen LogP contribution in [0, 0.1) is 19.8 Å². The Morgan fingerprint density at radius 3 is 2.11 bits per heavy atom. The first-order chi connectivity index (χ1) is 13.4. The van der Waals surface area contributed by atoms with E-state index < -0.39 is 5.97 Å². The third-order valence-electron chi connectivity index (χ3n) is 5.21. The number of primary amides is 1. The maximum Gasteiger partial charge on any atom is 0.338 e. The number of benzene rings is 1. The van der Waals surface area contributed by atoms with Crippen LogP contribution >= 0.6 is 0 Å². The average molecular weight is 383 g/mol. The second-order valence-electron chi connectivity index (χ2n) is 7.13. The van der Waals surface area contributed by atoms with Crippen LogP contribution < -0.4 is 5.73 Å². The predicted octanol–water partition coefficient (Wildman–Crippen LogP) is 1.97. The third kappa shape index (κ3) is 4.24. The molecule has 7 nitrogen and oxygen atoms in total. The van der Waals surface area contributed by atoms with E-state index in [4.69, 9.17) is 10.5 Å². The Labute approximate surface area is 164 Å². The summed E-state index contributed by atoms with van der Waals surface area (Å²) in [6.07, 6.45) is 1.10. The van der Waals surface area contributed by atoms with Crippen LogP contribution in [0.3, 0.4) is 0 Å². The highest BCUT2D eigenvalue weighted by atomic mass is 16.5. The molecule has 0 radical (unpaired) electrons. The van der Waals surface area contributed by atoms with Crippen molar-refractivity contribution < 1.29 is 19.1 Å². The van der Waals surface area contributed by atoms with Gasteiger partial charge in [0, 0.05) is 36.1 Å². The van der Waals surface area contributed by atoms with E-state index in [2.05, 4.69) is 4.57 Å². The van der Waals surface area contributed by atoms with E-state index in [1.165, 1.54) is 0 Å². The number of likely N-dealkylation sites (tertiary alicyclic amines) is 1. The topological polar surface area (TPSA) is 94.6 Å². The van der Waals surface area contributed by atoms with Crippen LogP contribution in [0.25, 0.3) is 5.69 Å². The fourth-order valence-corrected chi connectivity index (χ4v) is 3.54. The lowest BCUT2D eigenvalue weighted by atomic mass is 9.96. The highest BCUT2D eigenvalue weighted by Gasteiger charge is 2.26. The van der Waals surface area contributed by atoms with E-state index in [-0.39, 0.29) is 24.3 Å². The number of hydrogen-bond donors (Lipinski definition) is 1. The van der Waals surface area contributed by atoms with Crippen molar-refractivity contribution in [3.8, 4) is 5.69 Å². The molecule has 0 atom stereocenters. The summed E-state index contributed by atoms with van der Waals surface area (Å²) in [5.74, 6) is -1.30. The molecule has 0 saturated carbocycles.